The number of hydrogen-bond acceptors (Lipinski definition) is 3. The molecule has 0 unspecified atom stereocenters. The minimum Gasteiger partial charge on any atom is -0.374 e. The van der Waals surface area contributed by atoms with Gasteiger partial charge in [0.2, 0.25) is 5.91 Å². The lowest BCUT2D eigenvalue weighted by atomic mass is 9.97. The van der Waals surface area contributed by atoms with Crippen LogP contribution in [0.3, 0.4) is 0 Å². The Labute approximate surface area is 166 Å². The number of carbonyl (C=O) groups excluding carboxylic acids is 1. The maximum absolute atomic E-state index is 12.7. The van der Waals surface area contributed by atoms with Gasteiger partial charge in [-0.15, -0.1) is 0 Å². The fraction of sp³-hybridized carbons (Fsp3) is 0.333. The second-order valence-corrected chi connectivity index (χ2v) is 7.66. The van der Waals surface area contributed by atoms with E-state index in [2.05, 4.69) is 53.6 Å². The van der Waals surface area contributed by atoms with Crippen LogP contribution < -0.4 is 5.32 Å². The van der Waals surface area contributed by atoms with E-state index in [4.69, 9.17) is 0 Å². The van der Waals surface area contributed by atoms with Crippen molar-refractivity contribution in [2.24, 2.45) is 0 Å². The fourth-order valence-electron chi connectivity index (χ4n) is 4.05. The van der Waals surface area contributed by atoms with Crippen LogP contribution in [0.4, 0.5) is 5.69 Å². The van der Waals surface area contributed by atoms with Gasteiger partial charge in [-0.3, -0.25) is 9.78 Å². The van der Waals surface area contributed by atoms with Gasteiger partial charge in [-0.05, 0) is 68.0 Å². The summed E-state index contributed by atoms with van der Waals surface area (Å²) >= 11 is 0. The summed E-state index contributed by atoms with van der Waals surface area (Å²) in [6.45, 7) is 5.83. The number of hydrogen-bond donors (Lipinski definition) is 1. The highest BCUT2D eigenvalue weighted by Crippen LogP contribution is 2.31. The Morgan fingerprint density at radius 1 is 1.04 bits per heavy atom. The van der Waals surface area contributed by atoms with Gasteiger partial charge in [0, 0.05) is 30.4 Å². The van der Waals surface area contributed by atoms with Gasteiger partial charge in [0.1, 0.15) is 6.04 Å². The van der Waals surface area contributed by atoms with Crippen LogP contribution in [0.5, 0.6) is 0 Å². The van der Waals surface area contributed by atoms with Crippen LogP contribution in [0, 0.1) is 6.92 Å². The van der Waals surface area contributed by atoms with Gasteiger partial charge < -0.3 is 10.2 Å². The summed E-state index contributed by atoms with van der Waals surface area (Å²) in [6, 6.07) is 16.4. The Morgan fingerprint density at radius 3 is 2.61 bits per heavy atom. The number of anilines is 1. The summed E-state index contributed by atoms with van der Waals surface area (Å²) < 4.78 is 0. The van der Waals surface area contributed by atoms with Crippen LogP contribution in [0.25, 0.3) is 22.0 Å². The number of likely N-dealkylation sites (tertiary alicyclic amines) is 1. The first-order chi connectivity index (χ1) is 13.6. The molecule has 2 aromatic carbocycles. The Hall–Kier alpha value is -2.88. The van der Waals surface area contributed by atoms with E-state index in [9.17, 15) is 4.79 Å². The molecule has 2 heterocycles. The number of pyridine rings is 1. The third-order valence-corrected chi connectivity index (χ3v) is 5.60. The molecule has 0 radical (unpaired) electrons. The zero-order valence-corrected chi connectivity index (χ0v) is 16.6. The Bertz CT molecular complexity index is 992. The molecule has 1 N–H and O–H groups in total. The van der Waals surface area contributed by atoms with Crippen molar-refractivity contribution in [3.05, 3.63) is 60.3 Å². The molecule has 144 valence electrons. The van der Waals surface area contributed by atoms with Crippen LogP contribution in [0.2, 0.25) is 0 Å². The van der Waals surface area contributed by atoms with Gasteiger partial charge in [0.15, 0.2) is 0 Å². The van der Waals surface area contributed by atoms with E-state index in [-0.39, 0.29) is 11.9 Å². The van der Waals surface area contributed by atoms with Crippen LogP contribution >= 0.6 is 0 Å². The molecule has 4 rings (SSSR count). The Morgan fingerprint density at radius 2 is 1.82 bits per heavy atom. The van der Waals surface area contributed by atoms with E-state index < -0.39 is 0 Å². The molecule has 1 fully saturated rings. The number of benzene rings is 2. The first-order valence-corrected chi connectivity index (χ1v) is 10.1. The molecule has 1 saturated heterocycles. The summed E-state index contributed by atoms with van der Waals surface area (Å²) in [5.74, 6) is 0.182. The first-order valence-electron chi connectivity index (χ1n) is 10.1. The SMILES string of the molecule is Cc1ccccc1-c1ccnc2cc(N[C@@H](C)C(=O)N3CCCCC3)ccc12. The molecule has 28 heavy (non-hydrogen) atoms. The van der Waals surface area contributed by atoms with Gasteiger partial charge in [-0.2, -0.15) is 0 Å². The van der Waals surface area contributed by atoms with Gasteiger partial charge in [-0.1, -0.05) is 30.3 Å². The summed E-state index contributed by atoms with van der Waals surface area (Å²) in [4.78, 5) is 19.2. The lowest BCUT2D eigenvalue weighted by Gasteiger charge is -2.29. The maximum atomic E-state index is 12.7. The molecule has 1 aromatic heterocycles. The van der Waals surface area contributed by atoms with Crippen LogP contribution in [0.15, 0.2) is 54.7 Å². The Balaban J connectivity index is 1.58. The summed E-state index contributed by atoms with van der Waals surface area (Å²) in [5.41, 5.74) is 5.53. The van der Waals surface area contributed by atoms with Gasteiger partial charge in [0.25, 0.3) is 0 Å². The predicted octanol–water partition coefficient (Wildman–Crippen LogP) is 5.02. The molecule has 1 aliphatic heterocycles. The highest BCUT2D eigenvalue weighted by Gasteiger charge is 2.22. The number of aromatic nitrogens is 1. The van der Waals surface area contributed by atoms with Crippen molar-refractivity contribution >= 4 is 22.5 Å². The monoisotopic (exact) mass is 373 g/mol. The molecule has 4 heteroatoms. The van der Waals surface area contributed by atoms with E-state index in [0.29, 0.717) is 0 Å². The van der Waals surface area contributed by atoms with Crippen molar-refractivity contribution in [2.45, 2.75) is 39.2 Å². The molecule has 0 spiro atoms. The number of nitrogens with zero attached hydrogens (tertiary/aromatic N) is 2. The molecule has 1 aliphatic rings. The zero-order valence-electron chi connectivity index (χ0n) is 16.6. The summed E-state index contributed by atoms with van der Waals surface area (Å²) in [6.07, 6.45) is 5.31. The lowest BCUT2D eigenvalue weighted by Crippen LogP contribution is -2.43. The smallest absolute Gasteiger partial charge is 0.244 e. The van der Waals surface area contributed by atoms with Crippen LogP contribution in [0.1, 0.15) is 31.7 Å². The molecule has 1 amide bonds. The average molecular weight is 374 g/mol. The molecule has 0 bridgehead atoms. The number of piperidine rings is 1. The molecule has 4 nitrogen and oxygen atoms in total. The number of rotatable bonds is 4. The number of nitrogens with one attached hydrogen (secondary N) is 1. The second-order valence-electron chi connectivity index (χ2n) is 7.66. The average Bonchev–Trinajstić information content (AvgIpc) is 2.73. The molecular weight excluding hydrogens is 346 g/mol. The molecule has 0 aliphatic carbocycles. The van der Waals surface area contributed by atoms with Gasteiger partial charge in [-0.25, -0.2) is 0 Å². The maximum Gasteiger partial charge on any atom is 0.244 e. The highest BCUT2D eigenvalue weighted by atomic mass is 16.2. The fourth-order valence-corrected chi connectivity index (χ4v) is 4.05. The summed E-state index contributed by atoms with van der Waals surface area (Å²) in [7, 11) is 0. The predicted molar refractivity (Wildman–Crippen MR) is 115 cm³/mol. The minimum atomic E-state index is -0.241. The highest BCUT2D eigenvalue weighted by molar-refractivity contribution is 5.96. The molecular formula is C24H27N3O. The second kappa shape index (κ2) is 8.01. The largest absolute Gasteiger partial charge is 0.374 e. The lowest BCUT2D eigenvalue weighted by molar-refractivity contribution is -0.132. The standard InChI is InChI=1S/C24H27N3O/c1-17-8-4-5-9-20(17)21-12-13-25-23-16-19(10-11-22(21)23)26-18(2)24(28)27-14-6-3-7-15-27/h4-5,8-13,16,18,26H,3,6-7,14-15H2,1-2H3/t18-/m0/s1. The van der Waals surface area contributed by atoms with Crippen molar-refractivity contribution in [1.82, 2.24) is 9.88 Å². The van der Waals surface area contributed by atoms with E-state index in [0.717, 1.165) is 42.5 Å². The molecule has 1 atom stereocenters. The molecule has 0 saturated carbocycles. The van der Waals surface area contributed by atoms with E-state index in [1.807, 2.05) is 30.2 Å². The van der Waals surface area contributed by atoms with Crippen molar-refractivity contribution in [2.75, 3.05) is 18.4 Å². The first kappa shape index (κ1) is 18.5. The number of fused-ring (bicyclic) bond motifs is 1. The van der Waals surface area contributed by atoms with Crippen molar-refractivity contribution in [1.29, 1.82) is 0 Å². The zero-order chi connectivity index (χ0) is 19.5. The van der Waals surface area contributed by atoms with Gasteiger partial charge >= 0.3 is 0 Å². The normalized spacial score (nSPS) is 15.4. The summed E-state index contributed by atoms with van der Waals surface area (Å²) in [5, 5.41) is 4.49. The third kappa shape index (κ3) is 3.72. The number of amides is 1. The van der Waals surface area contributed by atoms with Crippen molar-refractivity contribution < 1.29 is 4.79 Å². The van der Waals surface area contributed by atoms with E-state index >= 15 is 0 Å². The van der Waals surface area contributed by atoms with Crippen molar-refractivity contribution in [3.8, 4) is 11.1 Å². The number of carbonyl (C=O) groups is 1. The third-order valence-electron chi connectivity index (χ3n) is 5.60. The van der Waals surface area contributed by atoms with E-state index in [1.165, 1.54) is 23.1 Å². The van der Waals surface area contributed by atoms with Crippen LogP contribution in [-0.2, 0) is 4.79 Å². The van der Waals surface area contributed by atoms with Gasteiger partial charge in [0.05, 0.1) is 5.52 Å². The topological polar surface area (TPSA) is 45.2 Å². The quantitative estimate of drug-likeness (QED) is 0.698. The van der Waals surface area contributed by atoms with E-state index in [1.54, 1.807) is 0 Å². The number of aryl methyl sites for hydroxylation is 1. The molecule has 3 aromatic rings. The minimum absolute atomic E-state index is 0.182. The Kier molecular flexibility index (Phi) is 5.29. The van der Waals surface area contributed by atoms with Crippen molar-refractivity contribution in [3.63, 3.8) is 0 Å². The van der Waals surface area contributed by atoms with Crippen LogP contribution in [-0.4, -0.2) is 34.9 Å².